The second kappa shape index (κ2) is 7.68. The average Bonchev–Trinajstić information content (AvgIpc) is 2.36. The zero-order valence-corrected chi connectivity index (χ0v) is 10.7. The fourth-order valence-electron chi connectivity index (χ4n) is 1.38. The van der Waals surface area contributed by atoms with Crippen molar-refractivity contribution in [2.75, 3.05) is 26.9 Å². The second-order valence-corrected chi connectivity index (χ2v) is 3.97. The van der Waals surface area contributed by atoms with Gasteiger partial charge in [-0.3, -0.25) is 4.79 Å². The summed E-state index contributed by atoms with van der Waals surface area (Å²) in [7, 11) is 1.44. The Labute approximate surface area is 107 Å². The van der Waals surface area contributed by atoms with Gasteiger partial charge in [0.2, 0.25) is 5.91 Å². The van der Waals surface area contributed by atoms with E-state index in [2.05, 4.69) is 10.1 Å². The molecule has 0 aromatic heterocycles. The third-order valence-electron chi connectivity index (χ3n) is 2.34. The molecule has 0 spiro atoms. The molecule has 1 amide bonds. The Morgan fingerprint density at radius 2 is 2.17 bits per heavy atom. The summed E-state index contributed by atoms with van der Waals surface area (Å²) >= 11 is 0. The molecule has 0 heterocycles. The first kappa shape index (κ1) is 14.5. The van der Waals surface area contributed by atoms with Gasteiger partial charge in [-0.25, -0.2) is 0 Å². The van der Waals surface area contributed by atoms with Crippen LogP contribution in [0.1, 0.15) is 5.56 Å². The molecule has 5 heteroatoms. The highest BCUT2D eigenvalue weighted by atomic mass is 16.5. The van der Waals surface area contributed by atoms with Gasteiger partial charge in [-0.2, -0.15) is 0 Å². The molecule has 0 bridgehead atoms. The van der Waals surface area contributed by atoms with Gasteiger partial charge in [-0.15, -0.1) is 0 Å². The molecule has 1 unspecified atom stereocenters. The zero-order chi connectivity index (χ0) is 13.4. The standard InChI is InChI=1S/C13H19NO4/c1-10-5-3-4-6-12(10)18-8-11(15)7-14-13(16)9-17-2/h3-6,11,15H,7-9H2,1-2H3,(H,14,16). The molecule has 1 atom stereocenters. The first-order valence-electron chi connectivity index (χ1n) is 5.75. The molecule has 1 aromatic rings. The van der Waals surface area contributed by atoms with Crippen molar-refractivity contribution in [2.24, 2.45) is 0 Å². The highest BCUT2D eigenvalue weighted by Gasteiger charge is 2.08. The Balaban J connectivity index is 2.27. The molecule has 0 aliphatic heterocycles. The van der Waals surface area contributed by atoms with Crippen LogP contribution < -0.4 is 10.1 Å². The number of carbonyl (C=O) groups excluding carboxylic acids is 1. The van der Waals surface area contributed by atoms with E-state index in [1.807, 2.05) is 31.2 Å². The fourth-order valence-corrected chi connectivity index (χ4v) is 1.38. The van der Waals surface area contributed by atoms with Crippen molar-refractivity contribution in [2.45, 2.75) is 13.0 Å². The van der Waals surface area contributed by atoms with Crippen LogP contribution in [0.4, 0.5) is 0 Å². The Hall–Kier alpha value is -1.59. The Bertz CT molecular complexity index is 381. The number of aliphatic hydroxyl groups excluding tert-OH is 1. The van der Waals surface area contributed by atoms with E-state index in [1.54, 1.807) is 0 Å². The second-order valence-electron chi connectivity index (χ2n) is 3.97. The molecule has 0 aliphatic carbocycles. The summed E-state index contributed by atoms with van der Waals surface area (Å²) in [5.41, 5.74) is 1.01. The third kappa shape index (κ3) is 5.16. The van der Waals surface area contributed by atoms with Crippen LogP contribution in [0.2, 0.25) is 0 Å². The van der Waals surface area contributed by atoms with E-state index in [0.29, 0.717) is 0 Å². The van der Waals surface area contributed by atoms with Crippen LogP contribution >= 0.6 is 0 Å². The fraction of sp³-hybridized carbons (Fsp3) is 0.462. The Morgan fingerprint density at radius 1 is 1.44 bits per heavy atom. The third-order valence-corrected chi connectivity index (χ3v) is 2.34. The van der Waals surface area contributed by atoms with Crippen molar-refractivity contribution in [3.05, 3.63) is 29.8 Å². The number of aryl methyl sites for hydroxylation is 1. The first-order chi connectivity index (χ1) is 8.63. The van der Waals surface area contributed by atoms with Crippen molar-refractivity contribution < 1.29 is 19.4 Å². The van der Waals surface area contributed by atoms with Crippen LogP contribution in [0, 0.1) is 6.92 Å². The highest BCUT2D eigenvalue weighted by molar-refractivity contribution is 5.77. The molecule has 1 aromatic carbocycles. The van der Waals surface area contributed by atoms with Crippen LogP contribution in [0.5, 0.6) is 5.75 Å². The molecule has 0 saturated heterocycles. The number of rotatable bonds is 7. The quantitative estimate of drug-likeness (QED) is 0.742. The van der Waals surface area contributed by atoms with Crippen molar-refractivity contribution >= 4 is 5.91 Å². The largest absolute Gasteiger partial charge is 0.491 e. The number of hydrogen-bond donors (Lipinski definition) is 2. The Morgan fingerprint density at radius 3 is 2.83 bits per heavy atom. The number of para-hydroxylation sites is 1. The number of carbonyl (C=O) groups is 1. The maximum absolute atomic E-state index is 11.1. The summed E-state index contributed by atoms with van der Waals surface area (Å²) in [6.07, 6.45) is -0.745. The molecule has 18 heavy (non-hydrogen) atoms. The summed E-state index contributed by atoms with van der Waals surface area (Å²) in [4.78, 5) is 11.1. The summed E-state index contributed by atoms with van der Waals surface area (Å²) in [5, 5.41) is 12.2. The van der Waals surface area contributed by atoms with Crippen molar-refractivity contribution in [1.82, 2.24) is 5.32 Å². The molecule has 1 rings (SSSR count). The molecule has 0 fully saturated rings. The monoisotopic (exact) mass is 253 g/mol. The van der Waals surface area contributed by atoms with Crippen LogP contribution in [0.25, 0.3) is 0 Å². The average molecular weight is 253 g/mol. The van der Waals surface area contributed by atoms with Crippen molar-refractivity contribution in [1.29, 1.82) is 0 Å². The Kier molecular flexibility index (Phi) is 6.18. The van der Waals surface area contributed by atoms with Crippen molar-refractivity contribution in [3.8, 4) is 5.75 Å². The van der Waals surface area contributed by atoms with Gasteiger partial charge in [0, 0.05) is 13.7 Å². The van der Waals surface area contributed by atoms with Gasteiger partial charge >= 0.3 is 0 Å². The van der Waals surface area contributed by atoms with Gasteiger partial charge in [-0.1, -0.05) is 18.2 Å². The van der Waals surface area contributed by atoms with Crippen LogP contribution in [-0.2, 0) is 9.53 Å². The van der Waals surface area contributed by atoms with Gasteiger partial charge in [-0.05, 0) is 18.6 Å². The molecule has 0 radical (unpaired) electrons. The topological polar surface area (TPSA) is 67.8 Å². The predicted octanol–water partition coefficient (Wildman–Crippen LogP) is 0.497. The maximum Gasteiger partial charge on any atom is 0.246 e. The molecule has 5 nitrogen and oxygen atoms in total. The van der Waals surface area contributed by atoms with E-state index in [0.717, 1.165) is 11.3 Å². The smallest absolute Gasteiger partial charge is 0.246 e. The number of amides is 1. The van der Waals surface area contributed by atoms with E-state index < -0.39 is 6.10 Å². The van der Waals surface area contributed by atoms with E-state index >= 15 is 0 Å². The molecule has 0 aliphatic rings. The summed E-state index contributed by atoms with van der Waals surface area (Å²) < 4.78 is 10.1. The van der Waals surface area contributed by atoms with Crippen molar-refractivity contribution in [3.63, 3.8) is 0 Å². The SMILES string of the molecule is COCC(=O)NCC(O)COc1ccccc1C. The molecular formula is C13H19NO4. The first-order valence-corrected chi connectivity index (χ1v) is 5.75. The summed E-state index contributed by atoms with van der Waals surface area (Å²) in [5.74, 6) is 0.479. The normalized spacial score (nSPS) is 11.9. The van der Waals surface area contributed by atoms with Gasteiger partial charge in [0.1, 0.15) is 25.1 Å². The lowest BCUT2D eigenvalue weighted by Gasteiger charge is -2.14. The number of methoxy groups -OCH3 is 1. The molecule has 2 N–H and O–H groups in total. The van der Waals surface area contributed by atoms with Gasteiger partial charge in [0.05, 0.1) is 0 Å². The lowest BCUT2D eigenvalue weighted by Crippen LogP contribution is -2.37. The number of ether oxygens (including phenoxy) is 2. The molecular weight excluding hydrogens is 234 g/mol. The summed E-state index contributed by atoms with van der Waals surface area (Å²) in [6.45, 7) is 2.21. The van der Waals surface area contributed by atoms with Gasteiger partial charge in [0.15, 0.2) is 0 Å². The lowest BCUT2D eigenvalue weighted by molar-refractivity contribution is -0.125. The zero-order valence-electron chi connectivity index (χ0n) is 10.7. The number of aliphatic hydroxyl groups is 1. The van der Waals surface area contributed by atoms with E-state index in [4.69, 9.17) is 4.74 Å². The van der Waals surface area contributed by atoms with Crippen LogP contribution in [-0.4, -0.2) is 44.0 Å². The van der Waals surface area contributed by atoms with E-state index in [9.17, 15) is 9.90 Å². The minimum absolute atomic E-state index is 0.00856. The van der Waals surface area contributed by atoms with E-state index in [1.165, 1.54) is 7.11 Å². The van der Waals surface area contributed by atoms with Gasteiger partial charge in [0.25, 0.3) is 0 Å². The minimum Gasteiger partial charge on any atom is -0.491 e. The van der Waals surface area contributed by atoms with Gasteiger partial charge < -0.3 is 19.9 Å². The summed E-state index contributed by atoms with van der Waals surface area (Å²) in [6, 6.07) is 7.56. The van der Waals surface area contributed by atoms with Crippen LogP contribution in [0.3, 0.4) is 0 Å². The maximum atomic E-state index is 11.1. The number of benzene rings is 1. The van der Waals surface area contributed by atoms with E-state index in [-0.39, 0.29) is 25.7 Å². The highest BCUT2D eigenvalue weighted by Crippen LogP contribution is 2.16. The predicted molar refractivity (Wildman–Crippen MR) is 67.6 cm³/mol. The molecule has 100 valence electrons. The molecule has 0 saturated carbocycles. The number of nitrogens with one attached hydrogen (secondary N) is 1. The van der Waals surface area contributed by atoms with Crippen LogP contribution in [0.15, 0.2) is 24.3 Å². The number of hydrogen-bond acceptors (Lipinski definition) is 4. The minimum atomic E-state index is -0.745. The lowest BCUT2D eigenvalue weighted by atomic mass is 10.2.